The van der Waals surface area contributed by atoms with Crippen LogP contribution in [-0.4, -0.2) is 10.7 Å². The van der Waals surface area contributed by atoms with Crippen molar-refractivity contribution >= 4 is 31.9 Å². The molecule has 0 aliphatic heterocycles. The van der Waals surface area contributed by atoms with Crippen molar-refractivity contribution < 1.29 is 5.11 Å². The first kappa shape index (κ1) is 14.3. The van der Waals surface area contributed by atoms with E-state index in [2.05, 4.69) is 62.2 Å². The maximum atomic E-state index is 10.9. The maximum Gasteiger partial charge on any atom is 0.0731 e. The third-order valence-corrected chi connectivity index (χ3v) is 5.02. The topological polar surface area (TPSA) is 20.2 Å². The van der Waals surface area contributed by atoms with Gasteiger partial charge < -0.3 is 5.11 Å². The number of aliphatic hydroxyl groups is 1. The van der Waals surface area contributed by atoms with Crippen LogP contribution in [-0.2, 0) is 19.3 Å². The lowest BCUT2D eigenvalue weighted by molar-refractivity contribution is 0.0267. The van der Waals surface area contributed by atoms with Crippen LogP contribution in [0.4, 0.5) is 0 Å². The van der Waals surface area contributed by atoms with Crippen LogP contribution in [0.1, 0.15) is 23.1 Å². The standard InChI is InChI=1S/C17H16Br2O/c18-15-4-1-12(2-5-15)10-17(20)8-7-13-9-16(19)6-3-14(13)11-17/h1-6,9,20H,7-8,10-11H2. The minimum atomic E-state index is -0.616. The van der Waals surface area contributed by atoms with Crippen LogP contribution in [0.25, 0.3) is 0 Å². The van der Waals surface area contributed by atoms with E-state index in [-0.39, 0.29) is 0 Å². The largest absolute Gasteiger partial charge is 0.389 e. The third kappa shape index (κ3) is 3.16. The molecule has 0 saturated carbocycles. The minimum absolute atomic E-state index is 0.616. The Labute approximate surface area is 136 Å². The predicted octanol–water partition coefficient (Wildman–Crippen LogP) is 4.67. The smallest absolute Gasteiger partial charge is 0.0731 e. The Balaban J connectivity index is 1.80. The number of halogens is 2. The molecule has 3 heteroatoms. The van der Waals surface area contributed by atoms with Gasteiger partial charge in [-0.2, -0.15) is 0 Å². The van der Waals surface area contributed by atoms with E-state index in [1.165, 1.54) is 16.7 Å². The average Bonchev–Trinajstić information content (AvgIpc) is 2.42. The zero-order valence-electron chi connectivity index (χ0n) is 11.1. The van der Waals surface area contributed by atoms with Crippen molar-refractivity contribution in [2.75, 3.05) is 0 Å². The molecule has 0 bridgehead atoms. The fraction of sp³-hybridized carbons (Fsp3) is 0.294. The zero-order chi connectivity index (χ0) is 14.2. The summed E-state index contributed by atoms with van der Waals surface area (Å²) in [6.45, 7) is 0. The number of rotatable bonds is 2. The van der Waals surface area contributed by atoms with E-state index < -0.39 is 5.60 Å². The van der Waals surface area contributed by atoms with Crippen LogP contribution in [0.2, 0.25) is 0 Å². The Kier molecular flexibility index (Phi) is 4.02. The number of hydrogen-bond acceptors (Lipinski definition) is 1. The number of benzene rings is 2. The molecule has 0 saturated heterocycles. The van der Waals surface area contributed by atoms with Crippen LogP contribution < -0.4 is 0 Å². The van der Waals surface area contributed by atoms with E-state index in [9.17, 15) is 5.11 Å². The summed E-state index contributed by atoms with van der Waals surface area (Å²) in [4.78, 5) is 0. The van der Waals surface area contributed by atoms with Crippen LogP contribution in [0.5, 0.6) is 0 Å². The van der Waals surface area contributed by atoms with E-state index in [1.54, 1.807) is 0 Å². The molecule has 0 amide bonds. The number of aryl methyl sites for hydroxylation is 1. The van der Waals surface area contributed by atoms with Crippen molar-refractivity contribution in [1.82, 2.24) is 0 Å². The van der Waals surface area contributed by atoms with Crippen molar-refractivity contribution in [2.24, 2.45) is 0 Å². The molecule has 1 atom stereocenters. The van der Waals surface area contributed by atoms with Gasteiger partial charge in [-0.05, 0) is 53.8 Å². The molecule has 20 heavy (non-hydrogen) atoms. The second kappa shape index (κ2) is 5.63. The van der Waals surface area contributed by atoms with Crippen LogP contribution in [0.15, 0.2) is 51.4 Å². The lowest BCUT2D eigenvalue weighted by Gasteiger charge is -2.34. The van der Waals surface area contributed by atoms with Crippen molar-refractivity contribution in [3.05, 3.63) is 68.1 Å². The molecule has 0 fully saturated rings. The summed E-state index contributed by atoms with van der Waals surface area (Å²) in [6, 6.07) is 14.6. The zero-order valence-corrected chi connectivity index (χ0v) is 14.2. The molecule has 2 aromatic carbocycles. The van der Waals surface area contributed by atoms with Crippen molar-refractivity contribution in [1.29, 1.82) is 0 Å². The van der Waals surface area contributed by atoms with Crippen LogP contribution in [0, 0.1) is 0 Å². The summed E-state index contributed by atoms with van der Waals surface area (Å²) in [5.41, 5.74) is 3.21. The highest BCUT2D eigenvalue weighted by Gasteiger charge is 2.32. The van der Waals surface area contributed by atoms with Gasteiger partial charge in [0.2, 0.25) is 0 Å². The lowest BCUT2D eigenvalue weighted by Crippen LogP contribution is -2.38. The predicted molar refractivity (Wildman–Crippen MR) is 89.0 cm³/mol. The highest BCUT2D eigenvalue weighted by molar-refractivity contribution is 9.10. The highest BCUT2D eigenvalue weighted by atomic mass is 79.9. The summed E-state index contributed by atoms with van der Waals surface area (Å²) < 4.78 is 2.20. The third-order valence-electron chi connectivity index (χ3n) is 3.99. The highest BCUT2D eigenvalue weighted by Crippen LogP contribution is 2.33. The molecule has 104 valence electrons. The van der Waals surface area contributed by atoms with Gasteiger partial charge >= 0.3 is 0 Å². The van der Waals surface area contributed by atoms with E-state index in [0.29, 0.717) is 0 Å². The first-order chi connectivity index (χ1) is 9.54. The Morgan fingerprint density at radius 2 is 1.65 bits per heavy atom. The van der Waals surface area contributed by atoms with Gasteiger partial charge in [-0.3, -0.25) is 0 Å². The molecule has 0 spiro atoms. The molecule has 3 rings (SSSR count). The molecule has 2 aromatic rings. The van der Waals surface area contributed by atoms with Gasteiger partial charge in [0.1, 0.15) is 0 Å². The fourth-order valence-electron chi connectivity index (χ4n) is 2.94. The SMILES string of the molecule is OC1(Cc2ccc(Br)cc2)CCc2cc(Br)ccc2C1. The van der Waals surface area contributed by atoms with Gasteiger partial charge in [-0.1, -0.05) is 50.1 Å². The molecule has 0 heterocycles. The van der Waals surface area contributed by atoms with Crippen molar-refractivity contribution in [3.63, 3.8) is 0 Å². The number of hydrogen-bond donors (Lipinski definition) is 1. The van der Waals surface area contributed by atoms with Gasteiger partial charge in [0, 0.05) is 21.8 Å². The van der Waals surface area contributed by atoms with E-state index in [0.717, 1.165) is 34.6 Å². The Bertz CT molecular complexity index is 621. The summed E-state index contributed by atoms with van der Waals surface area (Å²) in [5.74, 6) is 0. The Hall–Kier alpha value is -0.640. The molecule has 0 radical (unpaired) electrons. The normalized spacial score (nSPS) is 21.6. The van der Waals surface area contributed by atoms with Crippen LogP contribution >= 0.6 is 31.9 Å². The van der Waals surface area contributed by atoms with E-state index >= 15 is 0 Å². The van der Waals surface area contributed by atoms with E-state index in [1.807, 2.05) is 12.1 Å². The molecular formula is C17H16Br2O. The average molecular weight is 396 g/mol. The minimum Gasteiger partial charge on any atom is -0.389 e. The quantitative estimate of drug-likeness (QED) is 0.782. The summed E-state index contributed by atoms with van der Waals surface area (Å²) in [6.07, 6.45) is 3.23. The second-order valence-electron chi connectivity index (χ2n) is 5.62. The Morgan fingerprint density at radius 1 is 0.950 bits per heavy atom. The first-order valence-corrected chi connectivity index (χ1v) is 8.37. The molecule has 0 aromatic heterocycles. The van der Waals surface area contributed by atoms with Gasteiger partial charge in [0.25, 0.3) is 0 Å². The molecule has 1 nitrogen and oxygen atoms in total. The molecule has 1 aliphatic carbocycles. The summed E-state index contributed by atoms with van der Waals surface area (Å²) in [7, 11) is 0. The second-order valence-corrected chi connectivity index (χ2v) is 7.45. The van der Waals surface area contributed by atoms with Gasteiger partial charge in [0.05, 0.1) is 5.60 Å². The summed E-state index contributed by atoms with van der Waals surface area (Å²) >= 11 is 6.96. The van der Waals surface area contributed by atoms with Crippen LogP contribution in [0.3, 0.4) is 0 Å². The van der Waals surface area contributed by atoms with Gasteiger partial charge in [0.15, 0.2) is 0 Å². The first-order valence-electron chi connectivity index (χ1n) is 6.78. The molecule has 1 unspecified atom stereocenters. The summed E-state index contributed by atoms with van der Waals surface area (Å²) in [5, 5.41) is 10.9. The van der Waals surface area contributed by atoms with Crippen molar-refractivity contribution in [3.8, 4) is 0 Å². The number of fused-ring (bicyclic) bond motifs is 1. The maximum absolute atomic E-state index is 10.9. The monoisotopic (exact) mass is 394 g/mol. The Morgan fingerprint density at radius 3 is 2.40 bits per heavy atom. The van der Waals surface area contributed by atoms with E-state index in [4.69, 9.17) is 0 Å². The lowest BCUT2D eigenvalue weighted by atomic mass is 9.77. The molecule has 1 N–H and O–H groups in total. The molecule has 1 aliphatic rings. The van der Waals surface area contributed by atoms with Gasteiger partial charge in [-0.25, -0.2) is 0 Å². The van der Waals surface area contributed by atoms with Crippen molar-refractivity contribution in [2.45, 2.75) is 31.3 Å². The fourth-order valence-corrected chi connectivity index (χ4v) is 3.62. The molecular weight excluding hydrogens is 380 g/mol. The van der Waals surface area contributed by atoms with Gasteiger partial charge in [-0.15, -0.1) is 0 Å².